The predicted molar refractivity (Wildman–Crippen MR) is 89.9 cm³/mol. The van der Waals surface area contributed by atoms with Gasteiger partial charge in [0.05, 0.1) is 7.11 Å². The maximum Gasteiger partial charge on any atom is 0.123 e. The van der Waals surface area contributed by atoms with E-state index in [9.17, 15) is 0 Å². The van der Waals surface area contributed by atoms with E-state index in [4.69, 9.17) is 4.74 Å². The lowest BCUT2D eigenvalue weighted by Crippen LogP contribution is -2.23. The Hall–Kier alpha value is -1.02. The Bertz CT molecular complexity index is 435. The minimum absolute atomic E-state index is 0.350. The minimum atomic E-state index is 0.350. The number of hydrogen-bond acceptors (Lipinski definition) is 2. The fourth-order valence-electron chi connectivity index (χ4n) is 3.41. The highest BCUT2D eigenvalue weighted by atomic mass is 16.5. The molecule has 0 aliphatic heterocycles. The zero-order valence-electron chi connectivity index (χ0n) is 14.1. The van der Waals surface area contributed by atoms with Crippen LogP contribution in [0, 0.1) is 18.8 Å². The van der Waals surface area contributed by atoms with E-state index >= 15 is 0 Å². The summed E-state index contributed by atoms with van der Waals surface area (Å²) in [7, 11) is 1.76. The number of rotatable bonds is 6. The summed E-state index contributed by atoms with van der Waals surface area (Å²) in [4.78, 5) is 0. The molecule has 1 aliphatic rings. The Labute approximate surface area is 130 Å². The van der Waals surface area contributed by atoms with Crippen molar-refractivity contribution in [2.75, 3.05) is 13.7 Å². The van der Waals surface area contributed by atoms with Crippen LogP contribution in [0.2, 0.25) is 0 Å². The van der Waals surface area contributed by atoms with E-state index in [1.807, 2.05) is 0 Å². The maximum atomic E-state index is 5.52. The van der Waals surface area contributed by atoms with Crippen LogP contribution in [0.4, 0.5) is 0 Å². The number of ether oxygens (including phenoxy) is 1. The molecule has 0 heterocycles. The van der Waals surface area contributed by atoms with Crippen molar-refractivity contribution in [1.82, 2.24) is 5.32 Å². The van der Waals surface area contributed by atoms with Gasteiger partial charge in [-0.25, -0.2) is 0 Å². The van der Waals surface area contributed by atoms with Gasteiger partial charge in [-0.2, -0.15) is 0 Å². The first-order chi connectivity index (χ1) is 10.1. The first-order valence-electron chi connectivity index (χ1n) is 8.48. The third-order valence-corrected chi connectivity index (χ3v) is 4.99. The Morgan fingerprint density at radius 3 is 2.62 bits per heavy atom. The molecule has 0 spiro atoms. The molecule has 0 aromatic heterocycles. The van der Waals surface area contributed by atoms with Gasteiger partial charge in [-0.05, 0) is 50.3 Å². The molecule has 1 aromatic rings. The van der Waals surface area contributed by atoms with E-state index in [2.05, 4.69) is 44.3 Å². The standard InChI is InChI=1S/C19H31NO/c1-14-5-8-17(9-6-14)11-12-20-16(3)18-10-7-15(2)13-19(18)21-4/h7,10,13-14,16-17,20H,5-6,8-9,11-12H2,1-4H3. The monoisotopic (exact) mass is 289 g/mol. The number of aryl methyl sites for hydroxylation is 1. The van der Waals surface area contributed by atoms with Gasteiger partial charge in [-0.3, -0.25) is 0 Å². The topological polar surface area (TPSA) is 21.3 Å². The van der Waals surface area contributed by atoms with Crippen LogP contribution in [0.1, 0.15) is 63.1 Å². The molecule has 1 aromatic carbocycles. The molecule has 0 radical (unpaired) electrons. The zero-order chi connectivity index (χ0) is 15.2. The van der Waals surface area contributed by atoms with Crippen molar-refractivity contribution in [3.63, 3.8) is 0 Å². The zero-order valence-corrected chi connectivity index (χ0v) is 14.1. The highest BCUT2D eigenvalue weighted by Crippen LogP contribution is 2.30. The van der Waals surface area contributed by atoms with Crippen LogP contribution >= 0.6 is 0 Å². The molecule has 0 bridgehead atoms. The van der Waals surface area contributed by atoms with Crippen molar-refractivity contribution in [2.24, 2.45) is 11.8 Å². The summed E-state index contributed by atoms with van der Waals surface area (Å²) in [5.41, 5.74) is 2.51. The molecule has 0 amide bonds. The molecular weight excluding hydrogens is 258 g/mol. The van der Waals surface area contributed by atoms with Crippen molar-refractivity contribution in [3.05, 3.63) is 29.3 Å². The van der Waals surface area contributed by atoms with Gasteiger partial charge in [0, 0.05) is 11.6 Å². The molecular formula is C19H31NO. The average Bonchev–Trinajstić information content (AvgIpc) is 2.49. The first-order valence-corrected chi connectivity index (χ1v) is 8.48. The summed E-state index contributed by atoms with van der Waals surface area (Å²) in [5, 5.41) is 3.67. The second-order valence-electron chi connectivity index (χ2n) is 6.84. The summed E-state index contributed by atoms with van der Waals surface area (Å²) in [6.45, 7) is 7.84. The second-order valence-corrected chi connectivity index (χ2v) is 6.84. The molecule has 1 unspecified atom stereocenters. The molecule has 1 aliphatic carbocycles. The van der Waals surface area contributed by atoms with Crippen molar-refractivity contribution >= 4 is 0 Å². The highest BCUT2D eigenvalue weighted by molar-refractivity contribution is 5.38. The van der Waals surface area contributed by atoms with Crippen LogP contribution in [0.3, 0.4) is 0 Å². The van der Waals surface area contributed by atoms with Crippen LogP contribution in [0.25, 0.3) is 0 Å². The SMILES string of the molecule is COc1cc(C)ccc1C(C)NCCC1CCC(C)CC1. The highest BCUT2D eigenvalue weighted by Gasteiger charge is 2.18. The van der Waals surface area contributed by atoms with E-state index < -0.39 is 0 Å². The van der Waals surface area contributed by atoms with Crippen molar-refractivity contribution in [1.29, 1.82) is 0 Å². The fourth-order valence-corrected chi connectivity index (χ4v) is 3.41. The van der Waals surface area contributed by atoms with Crippen molar-refractivity contribution in [3.8, 4) is 5.75 Å². The second kappa shape index (κ2) is 7.84. The van der Waals surface area contributed by atoms with Gasteiger partial charge < -0.3 is 10.1 Å². The Balaban J connectivity index is 1.80. The van der Waals surface area contributed by atoms with E-state index in [0.717, 1.165) is 24.1 Å². The van der Waals surface area contributed by atoms with Gasteiger partial charge in [0.1, 0.15) is 5.75 Å². The molecule has 1 saturated carbocycles. The summed E-state index contributed by atoms with van der Waals surface area (Å²) in [6, 6.07) is 6.82. The third kappa shape index (κ3) is 4.74. The summed E-state index contributed by atoms with van der Waals surface area (Å²) < 4.78 is 5.52. The molecule has 2 heteroatoms. The van der Waals surface area contributed by atoms with Gasteiger partial charge >= 0.3 is 0 Å². The van der Waals surface area contributed by atoms with Crippen LogP contribution in [0.15, 0.2) is 18.2 Å². The lowest BCUT2D eigenvalue weighted by molar-refractivity contribution is 0.273. The molecule has 118 valence electrons. The molecule has 1 atom stereocenters. The molecule has 2 nitrogen and oxygen atoms in total. The average molecular weight is 289 g/mol. The van der Waals surface area contributed by atoms with E-state index in [0.29, 0.717) is 6.04 Å². The number of benzene rings is 1. The summed E-state index contributed by atoms with van der Waals surface area (Å²) >= 11 is 0. The van der Waals surface area contributed by atoms with Gasteiger partial charge in [-0.15, -0.1) is 0 Å². The third-order valence-electron chi connectivity index (χ3n) is 4.99. The van der Waals surface area contributed by atoms with Gasteiger partial charge in [-0.1, -0.05) is 44.7 Å². The maximum absolute atomic E-state index is 5.52. The minimum Gasteiger partial charge on any atom is -0.496 e. The van der Waals surface area contributed by atoms with Gasteiger partial charge in [0.25, 0.3) is 0 Å². The smallest absolute Gasteiger partial charge is 0.123 e. The quantitative estimate of drug-likeness (QED) is 0.806. The first kappa shape index (κ1) is 16.4. The number of hydrogen-bond donors (Lipinski definition) is 1. The molecule has 1 fully saturated rings. The fraction of sp³-hybridized carbons (Fsp3) is 0.684. The Morgan fingerprint density at radius 1 is 1.24 bits per heavy atom. The van der Waals surface area contributed by atoms with Crippen molar-refractivity contribution < 1.29 is 4.74 Å². The van der Waals surface area contributed by atoms with E-state index in [1.165, 1.54) is 43.2 Å². The van der Waals surface area contributed by atoms with Crippen molar-refractivity contribution in [2.45, 2.75) is 58.9 Å². The van der Waals surface area contributed by atoms with E-state index in [1.54, 1.807) is 7.11 Å². The number of methoxy groups -OCH3 is 1. The Morgan fingerprint density at radius 2 is 1.95 bits per heavy atom. The molecule has 1 N–H and O–H groups in total. The summed E-state index contributed by atoms with van der Waals surface area (Å²) in [5.74, 6) is 2.88. The normalized spacial score (nSPS) is 23.8. The largest absolute Gasteiger partial charge is 0.496 e. The Kier molecular flexibility index (Phi) is 6.10. The van der Waals surface area contributed by atoms with Crippen LogP contribution in [-0.2, 0) is 0 Å². The van der Waals surface area contributed by atoms with Gasteiger partial charge in [0.15, 0.2) is 0 Å². The lowest BCUT2D eigenvalue weighted by Gasteiger charge is -2.27. The van der Waals surface area contributed by atoms with Crippen LogP contribution in [-0.4, -0.2) is 13.7 Å². The van der Waals surface area contributed by atoms with Crippen LogP contribution < -0.4 is 10.1 Å². The molecule has 21 heavy (non-hydrogen) atoms. The predicted octanol–water partition coefficient (Wildman–Crippen LogP) is 4.87. The summed E-state index contributed by atoms with van der Waals surface area (Å²) in [6.07, 6.45) is 7.00. The van der Waals surface area contributed by atoms with E-state index in [-0.39, 0.29) is 0 Å². The van der Waals surface area contributed by atoms with Gasteiger partial charge in [0.2, 0.25) is 0 Å². The molecule has 2 rings (SSSR count). The van der Waals surface area contributed by atoms with Crippen LogP contribution in [0.5, 0.6) is 5.75 Å². The lowest BCUT2D eigenvalue weighted by atomic mass is 9.81. The molecule has 0 saturated heterocycles. The number of nitrogens with one attached hydrogen (secondary N) is 1.